The van der Waals surface area contributed by atoms with Gasteiger partial charge in [-0.05, 0) is 30.3 Å². The van der Waals surface area contributed by atoms with E-state index in [-0.39, 0.29) is 5.75 Å². The Morgan fingerprint density at radius 2 is 1.42 bits per heavy atom. The lowest BCUT2D eigenvalue weighted by molar-refractivity contribution is -0.205. The highest BCUT2D eigenvalue weighted by atomic mass is 19.4. The first-order valence-corrected chi connectivity index (χ1v) is 9.05. The van der Waals surface area contributed by atoms with Crippen LogP contribution in [0.1, 0.15) is 17.5 Å². The predicted octanol–water partition coefficient (Wildman–Crippen LogP) is 5.75. The molecule has 174 valence electrons. The third kappa shape index (κ3) is 6.59. The van der Waals surface area contributed by atoms with Crippen LogP contribution in [0.2, 0.25) is 0 Å². The molecule has 0 aliphatic heterocycles. The molecule has 0 saturated carbocycles. The Balaban J connectivity index is 1.87. The quantitative estimate of drug-likeness (QED) is 0.280. The van der Waals surface area contributed by atoms with E-state index in [1.807, 2.05) is 0 Å². The van der Waals surface area contributed by atoms with Crippen LogP contribution in [0.5, 0.6) is 23.1 Å². The van der Waals surface area contributed by atoms with Crippen LogP contribution < -0.4 is 15.2 Å². The largest absolute Gasteiger partial charge is 0.490 e. The summed E-state index contributed by atoms with van der Waals surface area (Å²) in [6.07, 6.45) is -12.5. The summed E-state index contributed by atoms with van der Waals surface area (Å²) < 4.78 is 91.9. The third-order valence-electron chi connectivity index (χ3n) is 3.92. The lowest BCUT2D eigenvalue weighted by Gasteiger charge is -2.17. The molecule has 0 radical (unpaired) electrons. The summed E-state index contributed by atoms with van der Waals surface area (Å²) in [5, 5.41) is 0. The topological polar surface area (TPSA) is 83.7 Å². The van der Waals surface area contributed by atoms with Gasteiger partial charge >= 0.3 is 18.3 Å². The molecule has 33 heavy (non-hydrogen) atoms. The van der Waals surface area contributed by atoms with E-state index in [4.69, 9.17) is 15.2 Å². The molecule has 2 N–H and O–H groups in total. The average Bonchev–Trinajstić information content (AvgIpc) is 2.73. The number of ether oxygens (including phenoxy) is 3. The van der Waals surface area contributed by atoms with Crippen molar-refractivity contribution in [2.45, 2.75) is 18.6 Å². The van der Waals surface area contributed by atoms with Crippen molar-refractivity contribution in [1.82, 2.24) is 4.98 Å². The number of hydrogen-bond donors (Lipinski definition) is 1. The van der Waals surface area contributed by atoms with E-state index in [1.165, 1.54) is 18.2 Å². The minimum atomic E-state index is -5.38. The highest BCUT2D eigenvalue weighted by molar-refractivity contribution is 5.75. The Bertz CT molecular complexity index is 1120. The Hall–Kier alpha value is -3.80. The number of hydrogen-bond acceptors (Lipinski definition) is 6. The monoisotopic (exact) mass is 472 g/mol. The first kappa shape index (κ1) is 23.9. The molecule has 1 aromatic heterocycles. The van der Waals surface area contributed by atoms with Crippen LogP contribution in [0.3, 0.4) is 0 Å². The van der Waals surface area contributed by atoms with Crippen molar-refractivity contribution in [1.29, 1.82) is 0 Å². The number of rotatable bonds is 6. The number of carbonyl (C=O) groups is 1. The zero-order chi connectivity index (χ0) is 24.2. The van der Waals surface area contributed by atoms with Crippen LogP contribution in [0, 0.1) is 0 Å². The van der Waals surface area contributed by atoms with Crippen LogP contribution >= 0.6 is 0 Å². The SMILES string of the molecule is NC(OC(=O)C(F)(F)F)c1cc(Oc2cccc(Oc3ccccc3)c2)nc(C(F)(F)F)c1. The third-order valence-corrected chi connectivity index (χ3v) is 3.92. The summed E-state index contributed by atoms with van der Waals surface area (Å²) in [6.45, 7) is 0. The van der Waals surface area contributed by atoms with Crippen molar-refractivity contribution in [2.24, 2.45) is 5.73 Å². The van der Waals surface area contributed by atoms with E-state index in [1.54, 1.807) is 36.4 Å². The molecular weight excluding hydrogens is 458 g/mol. The second-order valence-electron chi connectivity index (χ2n) is 6.44. The van der Waals surface area contributed by atoms with Crippen molar-refractivity contribution < 1.29 is 45.3 Å². The second-order valence-corrected chi connectivity index (χ2v) is 6.44. The van der Waals surface area contributed by atoms with Crippen LogP contribution in [-0.4, -0.2) is 17.1 Å². The number of carbonyl (C=O) groups excluding carboxylic acids is 1. The number of benzene rings is 2. The minimum Gasteiger partial charge on any atom is -0.457 e. The number of nitrogens with two attached hydrogens (primary N) is 1. The molecule has 2 aromatic carbocycles. The molecule has 1 heterocycles. The maximum absolute atomic E-state index is 13.2. The summed E-state index contributed by atoms with van der Waals surface area (Å²) in [5.74, 6) is -2.50. The molecule has 1 unspecified atom stereocenters. The van der Waals surface area contributed by atoms with Gasteiger partial charge in [-0.15, -0.1) is 0 Å². The smallest absolute Gasteiger partial charge is 0.457 e. The Labute approximate surface area is 182 Å². The number of pyridine rings is 1. The van der Waals surface area contributed by atoms with E-state index < -0.39 is 41.7 Å². The summed E-state index contributed by atoms with van der Waals surface area (Å²) in [4.78, 5) is 14.3. The van der Waals surface area contributed by atoms with E-state index in [0.29, 0.717) is 17.6 Å². The Morgan fingerprint density at radius 1 is 0.818 bits per heavy atom. The van der Waals surface area contributed by atoms with E-state index in [0.717, 1.165) is 6.07 Å². The lowest BCUT2D eigenvalue weighted by Crippen LogP contribution is -2.30. The van der Waals surface area contributed by atoms with Crippen molar-refractivity contribution in [3.63, 3.8) is 0 Å². The van der Waals surface area contributed by atoms with Gasteiger partial charge < -0.3 is 14.2 Å². The fourth-order valence-corrected chi connectivity index (χ4v) is 2.48. The van der Waals surface area contributed by atoms with Gasteiger partial charge in [0.05, 0.1) is 0 Å². The molecule has 6 nitrogen and oxygen atoms in total. The molecule has 0 aliphatic carbocycles. The normalized spacial score (nSPS) is 12.7. The number of para-hydroxylation sites is 1. The average molecular weight is 472 g/mol. The molecule has 0 fully saturated rings. The van der Waals surface area contributed by atoms with Gasteiger partial charge in [0.1, 0.15) is 22.9 Å². The first-order valence-electron chi connectivity index (χ1n) is 9.05. The Kier molecular flexibility index (Phi) is 6.77. The Morgan fingerprint density at radius 3 is 2.03 bits per heavy atom. The van der Waals surface area contributed by atoms with Gasteiger partial charge in [-0.2, -0.15) is 26.3 Å². The van der Waals surface area contributed by atoms with Gasteiger partial charge in [-0.1, -0.05) is 24.3 Å². The molecule has 0 amide bonds. The number of nitrogens with zero attached hydrogens (tertiary/aromatic N) is 1. The number of alkyl halides is 6. The molecule has 3 rings (SSSR count). The van der Waals surface area contributed by atoms with E-state index in [9.17, 15) is 31.1 Å². The number of esters is 1. The van der Waals surface area contributed by atoms with Crippen molar-refractivity contribution in [2.75, 3.05) is 0 Å². The summed E-state index contributed by atoms with van der Waals surface area (Å²) >= 11 is 0. The van der Waals surface area contributed by atoms with Gasteiger partial charge in [0, 0.05) is 17.7 Å². The zero-order valence-corrected chi connectivity index (χ0v) is 16.4. The lowest BCUT2D eigenvalue weighted by atomic mass is 10.2. The highest BCUT2D eigenvalue weighted by Gasteiger charge is 2.42. The van der Waals surface area contributed by atoms with Crippen LogP contribution in [0.25, 0.3) is 0 Å². The molecule has 0 aliphatic rings. The van der Waals surface area contributed by atoms with Gasteiger partial charge in [0.15, 0.2) is 6.23 Å². The molecule has 0 bridgehead atoms. The maximum atomic E-state index is 13.2. The van der Waals surface area contributed by atoms with Crippen LogP contribution in [-0.2, 0) is 15.7 Å². The van der Waals surface area contributed by atoms with Crippen molar-refractivity contribution in [3.05, 3.63) is 78.0 Å². The van der Waals surface area contributed by atoms with Gasteiger partial charge in [-0.25, -0.2) is 9.78 Å². The molecule has 1 atom stereocenters. The number of aromatic nitrogens is 1. The van der Waals surface area contributed by atoms with Crippen LogP contribution in [0.15, 0.2) is 66.7 Å². The molecule has 12 heteroatoms. The predicted molar refractivity (Wildman–Crippen MR) is 101 cm³/mol. The van der Waals surface area contributed by atoms with Gasteiger partial charge in [0.2, 0.25) is 5.88 Å². The minimum absolute atomic E-state index is 0.0158. The fraction of sp³-hybridized carbons (Fsp3) is 0.143. The summed E-state index contributed by atoms with van der Waals surface area (Å²) in [6, 6.07) is 15.6. The summed E-state index contributed by atoms with van der Waals surface area (Å²) in [7, 11) is 0. The molecular formula is C21H14F6N2O4. The highest BCUT2D eigenvalue weighted by Crippen LogP contribution is 2.34. The number of halogens is 6. The maximum Gasteiger partial charge on any atom is 0.490 e. The molecule has 0 saturated heterocycles. The van der Waals surface area contributed by atoms with Crippen molar-refractivity contribution in [3.8, 4) is 23.1 Å². The fourth-order valence-electron chi connectivity index (χ4n) is 2.48. The van der Waals surface area contributed by atoms with E-state index >= 15 is 0 Å². The molecule has 3 aromatic rings. The zero-order valence-electron chi connectivity index (χ0n) is 16.4. The standard InChI is InChI=1S/C21H14F6N2O4/c22-20(23,24)16-9-12(18(28)33-19(30)21(25,26)27)10-17(29-16)32-15-8-4-7-14(11-15)31-13-5-2-1-3-6-13/h1-11,18H,28H2. The molecule has 0 spiro atoms. The van der Waals surface area contributed by atoms with Crippen molar-refractivity contribution >= 4 is 5.97 Å². The first-order chi connectivity index (χ1) is 15.4. The van der Waals surface area contributed by atoms with Gasteiger partial charge in [0.25, 0.3) is 0 Å². The summed E-state index contributed by atoms with van der Waals surface area (Å²) in [5.41, 5.74) is 3.24. The van der Waals surface area contributed by atoms with E-state index in [2.05, 4.69) is 9.72 Å². The second kappa shape index (κ2) is 9.36. The van der Waals surface area contributed by atoms with Gasteiger partial charge in [-0.3, -0.25) is 5.73 Å². The van der Waals surface area contributed by atoms with Crippen LogP contribution in [0.4, 0.5) is 26.3 Å².